The van der Waals surface area contributed by atoms with Crippen LogP contribution in [0.3, 0.4) is 0 Å². The Kier molecular flexibility index (Phi) is 5.30. The lowest BCUT2D eigenvalue weighted by atomic mass is 10.1. The third kappa shape index (κ3) is 4.02. The van der Waals surface area contributed by atoms with E-state index in [0.717, 1.165) is 34.0 Å². The molecule has 0 saturated heterocycles. The van der Waals surface area contributed by atoms with Gasteiger partial charge in [0, 0.05) is 25.4 Å². The van der Waals surface area contributed by atoms with E-state index in [0.29, 0.717) is 18.8 Å². The molecule has 0 aliphatic rings. The number of nitrogens with zero attached hydrogens (tertiary/aromatic N) is 4. The minimum Gasteiger partial charge on any atom is -0.492 e. The summed E-state index contributed by atoms with van der Waals surface area (Å²) >= 11 is 0. The number of aryl methyl sites for hydroxylation is 3. The number of carbonyl (C=O) groups excluding carboxylic acids is 1. The van der Waals surface area contributed by atoms with Crippen LogP contribution in [0.5, 0.6) is 5.75 Å². The Hall–Kier alpha value is -3.09. The first-order chi connectivity index (χ1) is 12.9. The number of rotatable bonds is 6. The van der Waals surface area contributed by atoms with Crippen molar-refractivity contribution in [2.45, 2.75) is 20.8 Å². The molecule has 0 radical (unpaired) electrons. The Morgan fingerprint density at radius 3 is 2.70 bits per heavy atom. The lowest BCUT2D eigenvalue weighted by Crippen LogP contribution is -2.31. The highest BCUT2D eigenvalue weighted by molar-refractivity contribution is 5.93. The van der Waals surface area contributed by atoms with Crippen LogP contribution in [0.1, 0.15) is 27.4 Å². The molecule has 27 heavy (non-hydrogen) atoms. The predicted molar refractivity (Wildman–Crippen MR) is 104 cm³/mol. The molecule has 0 saturated carbocycles. The van der Waals surface area contributed by atoms with Crippen LogP contribution in [0.4, 0.5) is 0 Å². The van der Waals surface area contributed by atoms with Gasteiger partial charge in [0.1, 0.15) is 18.1 Å². The van der Waals surface area contributed by atoms with Gasteiger partial charge in [-0.15, -0.1) is 0 Å². The van der Waals surface area contributed by atoms with Gasteiger partial charge in [0.25, 0.3) is 5.91 Å². The van der Waals surface area contributed by atoms with E-state index in [1.807, 2.05) is 56.8 Å². The van der Waals surface area contributed by atoms with Crippen LogP contribution >= 0.6 is 0 Å². The summed E-state index contributed by atoms with van der Waals surface area (Å²) in [6, 6.07) is 9.63. The molecule has 2 heterocycles. The predicted octanol–water partition coefficient (Wildman–Crippen LogP) is 2.89. The molecule has 2 aromatic heterocycles. The van der Waals surface area contributed by atoms with Crippen LogP contribution in [0.2, 0.25) is 0 Å². The number of hydrogen-bond donors (Lipinski definition) is 1. The van der Waals surface area contributed by atoms with E-state index in [1.54, 1.807) is 18.0 Å². The molecule has 3 aromatic rings. The number of aromatic amines is 1. The second-order valence-electron chi connectivity index (χ2n) is 6.73. The van der Waals surface area contributed by atoms with Crippen molar-refractivity contribution in [1.29, 1.82) is 0 Å². The van der Waals surface area contributed by atoms with E-state index in [9.17, 15) is 4.79 Å². The summed E-state index contributed by atoms with van der Waals surface area (Å²) < 4.78 is 7.54. The average molecular weight is 367 g/mol. The molecule has 0 bridgehead atoms. The van der Waals surface area contributed by atoms with Crippen molar-refractivity contribution in [3.05, 3.63) is 53.0 Å². The van der Waals surface area contributed by atoms with E-state index in [2.05, 4.69) is 15.3 Å². The first-order valence-corrected chi connectivity index (χ1v) is 8.87. The van der Waals surface area contributed by atoms with Crippen molar-refractivity contribution in [3.63, 3.8) is 0 Å². The number of hydrogen-bond acceptors (Lipinski definition) is 4. The maximum Gasteiger partial charge on any atom is 0.271 e. The van der Waals surface area contributed by atoms with Crippen LogP contribution < -0.4 is 4.74 Å². The molecular weight excluding hydrogens is 342 g/mol. The van der Waals surface area contributed by atoms with Crippen LogP contribution in [-0.4, -0.2) is 51.0 Å². The lowest BCUT2D eigenvalue weighted by molar-refractivity contribution is 0.0768. The normalized spacial score (nSPS) is 10.9. The lowest BCUT2D eigenvalue weighted by Gasteiger charge is -2.16. The van der Waals surface area contributed by atoms with Crippen molar-refractivity contribution in [3.8, 4) is 17.0 Å². The summed E-state index contributed by atoms with van der Waals surface area (Å²) in [6.07, 6.45) is 0. The number of H-pyrrole nitrogens is 1. The Morgan fingerprint density at radius 2 is 2.04 bits per heavy atom. The molecule has 1 N–H and O–H groups in total. The van der Waals surface area contributed by atoms with Gasteiger partial charge < -0.3 is 9.64 Å². The van der Waals surface area contributed by atoms with Crippen molar-refractivity contribution in [2.75, 3.05) is 20.2 Å². The van der Waals surface area contributed by atoms with Crippen LogP contribution in [0.15, 0.2) is 30.3 Å². The smallest absolute Gasteiger partial charge is 0.271 e. The summed E-state index contributed by atoms with van der Waals surface area (Å²) in [5.41, 5.74) is 5.18. The number of ether oxygens (including phenoxy) is 1. The number of benzene rings is 1. The summed E-state index contributed by atoms with van der Waals surface area (Å²) in [5, 5.41) is 11.6. The number of nitrogens with one attached hydrogen (secondary N) is 1. The topological polar surface area (TPSA) is 76.0 Å². The third-order valence-corrected chi connectivity index (χ3v) is 4.61. The van der Waals surface area contributed by atoms with Gasteiger partial charge in [0.15, 0.2) is 0 Å². The van der Waals surface area contributed by atoms with Gasteiger partial charge in [-0.1, -0.05) is 12.1 Å². The van der Waals surface area contributed by atoms with Gasteiger partial charge in [-0.05, 0) is 44.5 Å². The highest BCUT2D eigenvalue weighted by Crippen LogP contribution is 2.25. The Bertz CT molecular complexity index is 957. The van der Waals surface area contributed by atoms with Gasteiger partial charge in [-0.25, -0.2) is 0 Å². The average Bonchev–Trinajstić information content (AvgIpc) is 3.19. The SMILES string of the molecule is Cc1cccc(OCCN(C)C(=O)c2cc(-c3c(C)nn(C)c3C)n[nH]2)c1. The monoisotopic (exact) mass is 367 g/mol. The molecule has 0 aliphatic carbocycles. The van der Waals surface area contributed by atoms with Crippen molar-refractivity contribution in [1.82, 2.24) is 24.9 Å². The highest BCUT2D eigenvalue weighted by Gasteiger charge is 2.19. The van der Waals surface area contributed by atoms with Crippen LogP contribution in [0, 0.1) is 20.8 Å². The second kappa shape index (κ2) is 7.65. The summed E-state index contributed by atoms with van der Waals surface area (Å²) in [5.74, 6) is 0.683. The van der Waals surface area contributed by atoms with E-state index < -0.39 is 0 Å². The number of aromatic nitrogens is 4. The second-order valence-corrected chi connectivity index (χ2v) is 6.73. The molecule has 1 amide bonds. The first kappa shape index (κ1) is 18.7. The fourth-order valence-corrected chi connectivity index (χ4v) is 3.02. The van der Waals surface area contributed by atoms with Crippen molar-refractivity contribution >= 4 is 5.91 Å². The molecular formula is C20H25N5O2. The van der Waals surface area contributed by atoms with Gasteiger partial charge in [-0.3, -0.25) is 14.6 Å². The van der Waals surface area contributed by atoms with E-state index >= 15 is 0 Å². The zero-order valence-electron chi connectivity index (χ0n) is 16.4. The van der Waals surface area contributed by atoms with Crippen molar-refractivity contribution in [2.24, 2.45) is 7.05 Å². The fraction of sp³-hybridized carbons (Fsp3) is 0.350. The standard InChI is InChI=1S/C20H25N5O2/c1-13-7-6-8-16(11-13)27-10-9-24(4)20(26)18-12-17(21-22-18)19-14(2)23-25(5)15(19)3/h6-8,11-12H,9-10H2,1-5H3,(H,21,22). The largest absolute Gasteiger partial charge is 0.492 e. The quantitative estimate of drug-likeness (QED) is 0.727. The minimum absolute atomic E-state index is 0.124. The van der Waals surface area contributed by atoms with Crippen molar-refractivity contribution < 1.29 is 9.53 Å². The molecule has 0 atom stereocenters. The van der Waals surface area contributed by atoms with E-state index in [4.69, 9.17) is 4.74 Å². The summed E-state index contributed by atoms with van der Waals surface area (Å²) in [6.45, 7) is 6.84. The molecule has 0 unspecified atom stereocenters. The molecule has 3 rings (SSSR count). The van der Waals surface area contributed by atoms with Gasteiger partial charge in [0.05, 0.1) is 17.9 Å². The van der Waals surface area contributed by atoms with Gasteiger partial charge in [-0.2, -0.15) is 10.2 Å². The zero-order chi connectivity index (χ0) is 19.6. The Labute approximate surface area is 159 Å². The van der Waals surface area contributed by atoms with Gasteiger partial charge >= 0.3 is 0 Å². The molecule has 7 nitrogen and oxygen atoms in total. The number of likely N-dealkylation sites (N-methyl/N-ethyl adjacent to an activating group) is 1. The first-order valence-electron chi connectivity index (χ1n) is 8.87. The molecule has 0 spiro atoms. The molecule has 142 valence electrons. The Morgan fingerprint density at radius 1 is 1.26 bits per heavy atom. The molecule has 7 heteroatoms. The van der Waals surface area contributed by atoms with E-state index in [1.165, 1.54) is 0 Å². The van der Waals surface area contributed by atoms with Gasteiger partial charge in [0.2, 0.25) is 0 Å². The summed E-state index contributed by atoms with van der Waals surface area (Å²) in [4.78, 5) is 14.3. The maximum atomic E-state index is 12.6. The Balaban J connectivity index is 1.63. The highest BCUT2D eigenvalue weighted by atomic mass is 16.5. The molecule has 0 fully saturated rings. The number of amides is 1. The van der Waals surface area contributed by atoms with Crippen LogP contribution in [-0.2, 0) is 7.05 Å². The van der Waals surface area contributed by atoms with E-state index in [-0.39, 0.29) is 5.91 Å². The number of carbonyl (C=O) groups is 1. The summed E-state index contributed by atoms with van der Waals surface area (Å²) in [7, 11) is 3.65. The molecule has 1 aromatic carbocycles. The third-order valence-electron chi connectivity index (χ3n) is 4.61. The fourth-order valence-electron chi connectivity index (χ4n) is 3.02. The zero-order valence-corrected chi connectivity index (χ0v) is 16.4. The maximum absolute atomic E-state index is 12.6. The van der Waals surface area contributed by atoms with Crippen LogP contribution in [0.25, 0.3) is 11.3 Å². The molecule has 0 aliphatic heterocycles. The minimum atomic E-state index is -0.124.